The minimum Gasteiger partial charge on any atom is -0.308 e. The van der Waals surface area contributed by atoms with E-state index >= 15 is 0 Å². The first-order valence-electron chi connectivity index (χ1n) is 6.29. The van der Waals surface area contributed by atoms with Gasteiger partial charge in [-0.3, -0.25) is 0 Å². The normalized spacial score (nSPS) is 12.6. The molecule has 0 fully saturated rings. The van der Waals surface area contributed by atoms with E-state index in [2.05, 4.69) is 38.5 Å². The predicted molar refractivity (Wildman–Crippen MR) is 87.3 cm³/mol. The van der Waals surface area contributed by atoms with Crippen LogP contribution in [0.2, 0.25) is 5.02 Å². The van der Waals surface area contributed by atoms with E-state index in [9.17, 15) is 0 Å². The fourth-order valence-corrected chi connectivity index (χ4v) is 3.83. The van der Waals surface area contributed by atoms with Crippen LogP contribution in [0.15, 0.2) is 33.8 Å². The van der Waals surface area contributed by atoms with Gasteiger partial charge in [0.15, 0.2) is 4.60 Å². The second kappa shape index (κ2) is 7.45. The van der Waals surface area contributed by atoms with Crippen LogP contribution >= 0.6 is 39.3 Å². The van der Waals surface area contributed by atoms with E-state index in [-0.39, 0.29) is 6.04 Å². The van der Waals surface area contributed by atoms with Crippen molar-refractivity contribution in [3.8, 4) is 0 Å². The van der Waals surface area contributed by atoms with Crippen LogP contribution in [-0.2, 0) is 7.05 Å². The van der Waals surface area contributed by atoms with Crippen molar-refractivity contribution in [2.45, 2.75) is 17.9 Å². The highest BCUT2D eigenvalue weighted by Crippen LogP contribution is 2.31. The molecule has 1 unspecified atom stereocenters. The van der Waals surface area contributed by atoms with Crippen LogP contribution in [0.5, 0.6) is 0 Å². The second-order valence-electron chi connectivity index (χ2n) is 4.24. The van der Waals surface area contributed by atoms with E-state index in [0.29, 0.717) is 0 Å². The zero-order valence-corrected chi connectivity index (χ0v) is 14.5. The summed E-state index contributed by atoms with van der Waals surface area (Å²) in [7, 11) is 1.90. The second-order valence-corrected chi connectivity index (χ2v) is 6.46. The van der Waals surface area contributed by atoms with Crippen molar-refractivity contribution >= 4 is 39.3 Å². The molecule has 0 saturated carbocycles. The SMILES string of the molecule is CCNC(CSc1ccccc1Cl)c1c(Br)nnn1C. The lowest BCUT2D eigenvalue weighted by Gasteiger charge is -2.18. The fourth-order valence-electron chi connectivity index (χ4n) is 1.92. The minimum absolute atomic E-state index is 0.163. The standard InChI is InChI=1S/C13H16BrClN4S/c1-3-16-10(12-13(14)17-18-19(12)2)8-20-11-7-5-4-6-9(11)15/h4-7,10,16H,3,8H2,1-2H3. The smallest absolute Gasteiger partial charge is 0.153 e. The van der Waals surface area contributed by atoms with Crippen molar-refractivity contribution in [1.82, 2.24) is 20.3 Å². The molecule has 0 aliphatic rings. The van der Waals surface area contributed by atoms with Gasteiger partial charge in [-0.2, -0.15) is 0 Å². The van der Waals surface area contributed by atoms with Crippen molar-refractivity contribution in [1.29, 1.82) is 0 Å². The van der Waals surface area contributed by atoms with Gasteiger partial charge in [0.2, 0.25) is 0 Å². The van der Waals surface area contributed by atoms with Gasteiger partial charge in [0.1, 0.15) is 0 Å². The average molecular weight is 376 g/mol. The van der Waals surface area contributed by atoms with Crippen molar-refractivity contribution in [3.63, 3.8) is 0 Å². The topological polar surface area (TPSA) is 42.7 Å². The summed E-state index contributed by atoms with van der Waals surface area (Å²) in [5.74, 6) is 0.859. The number of nitrogens with one attached hydrogen (secondary N) is 1. The molecule has 108 valence electrons. The Morgan fingerprint density at radius 3 is 2.80 bits per heavy atom. The lowest BCUT2D eigenvalue weighted by Crippen LogP contribution is -2.25. The molecule has 0 aliphatic carbocycles. The third-order valence-electron chi connectivity index (χ3n) is 2.85. The van der Waals surface area contributed by atoms with Crippen LogP contribution in [0.4, 0.5) is 0 Å². The van der Waals surface area contributed by atoms with Crippen LogP contribution < -0.4 is 5.32 Å². The van der Waals surface area contributed by atoms with Gasteiger partial charge in [-0.05, 0) is 34.6 Å². The third-order valence-corrected chi connectivity index (χ3v) is 5.02. The van der Waals surface area contributed by atoms with Gasteiger partial charge in [-0.25, -0.2) is 4.68 Å². The number of halogens is 2. The summed E-state index contributed by atoms with van der Waals surface area (Å²) >= 11 is 11.4. The van der Waals surface area contributed by atoms with Gasteiger partial charge in [0.05, 0.1) is 16.8 Å². The van der Waals surface area contributed by atoms with E-state index in [0.717, 1.165) is 32.5 Å². The first-order chi connectivity index (χ1) is 9.63. The highest BCUT2D eigenvalue weighted by atomic mass is 79.9. The lowest BCUT2D eigenvalue weighted by molar-refractivity contribution is 0.548. The molecule has 0 radical (unpaired) electrons. The molecule has 20 heavy (non-hydrogen) atoms. The van der Waals surface area contributed by atoms with E-state index in [1.165, 1.54) is 0 Å². The summed E-state index contributed by atoms with van der Waals surface area (Å²) in [6, 6.07) is 8.05. The quantitative estimate of drug-likeness (QED) is 0.782. The minimum atomic E-state index is 0.163. The number of benzene rings is 1. The predicted octanol–water partition coefficient (Wildman–Crippen LogP) is 3.67. The maximum atomic E-state index is 6.19. The molecule has 7 heteroatoms. The number of aromatic nitrogens is 3. The third kappa shape index (κ3) is 3.75. The van der Waals surface area contributed by atoms with E-state index in [1.807, 2.05) is 31.3 Å². The molecule has 1 heterocycles. The van der Waals surface area contributed by atoms with E-state index in [4.69, 9.17) is 11.6 Å². The zero-order chi connectivity index (χ0) is 14.5. The highest BCUT2D eigenvalue weighted by molar-refractivity contribution is 9.10. The molecule has 1 N–H and O–H groups in total. The van der Waals surface area contributed by atoms with Crippen LogP contribution in [0.1, 0.15) is 18.7 Å². The van der Waals surface area contributed by atoms with Crippen molar-refractivity contribution < 1.29 is 0 Å². The highest BCUT2D eigenvalue weighted by Gasteiger charge is 2.19. The van der Waals surface area contributed by atoms with Gasteiger partial charge in [-0.1, -0.05) is 35.9 Å². The number of hydrogen-bond donors (Lipinski definition) is 1. The van der Waals surface area contributed by atoms with Crippen molar-refractivity contribution in [2.24, 2.45) is 7.05 Å². The van der Waals surface area contributed by atoms with Gasteiger partial charge < -0.3 is 5.32 Å². The lowest BCUT2D eigenvalue weighted by atomic mass is 10.2. The average Bonchev–Trinajstić information content (AvgIpc) is 2.76. The Balaban J connectivity index is 2.13. The van der Waals surface area contributed by atoms with Gasteiger partial charge in [0.25, 0.3) is 0 Å². The zero-order valence-electron chi connectivity index (χ0n) is 11.3. The molecule has 2 rings (SSSR count). The molecule has 0 amide bonds. The summed E-state index contributed by atoms with van der Waals surface area (Å²) < 4.78 is 2.58. The largest absolute Gasteiger partial charge is 0.308 e. The molecule has 2 aromatic rings. The summed E-state index contributed by atoms with van der Waals surface area (Å²) in [6.07, 6.45) is 0. The molecule has 0 saturated heterocycles. The van der Waals surface area contributed by atoms with Crippen molar-refractivity contribution in [3.05, 3.63) is 39.6 Å². The monoisotopic (exact) mass is 374 g/mol. The molecule has 0 spiro atoms. The van der Waals surface area contributed by atoms with Gasteiger partial charge in [-0.15, -0.1) is 16.9 Å². The molecule has 1 aromatic heterocycles. The molecule has 1 atom stereocenters. The number of hydrogen-bond acceptors (Lipinski definition) is 4. The molecule has 4 nitrogen and oxygen atoms in total. The van der Waals surface area contributed by atoms with Crippen LogP contribution in [0, 0.1) is 0 Å². The van der Waals surface area contributed by atoms with E-state index < -0.39 is 0 Å². The Bertz CT molecular complexity index is 556. The van der Waals surface area contributed by atoms with E-state index in [1.54, 1.807) is 16.4 Å². The van der Waals surface area contributed by atoms with Crippen LogP contribution in [0.3, 0.4) is 0 Å². The molecule has 1 aromatic carbocycles. The number of rotatable bonds is 6. The Labute approximate surface area is 136 Å². The Morgan fingerprint density at radius 1 is 1.45 bits per heavy atom. The first-order valence-corrected chi connectivity index (χ1v) is 8.45. The summed E-state index contributed by atoms with van der Waals surface area (Å²) in [6.45, 7) is 2.97. The Kier molecular flexibility index (Phi) is 5.89. The van der Waals surface area contributed by atoms with Gasteiger partial charge >= 0.3 is 0 Å². The summed E-state index contributed by atoms with van der Waals surface area (Å²) in [5.41, 5.74) is 1.05. The molecular formula is C13H16BrClN4S. The molecular weight excluding hydrogens is 360 g/mol. The van der Waals surface area contributed by atoms with Crippen molar-refractivity contribution in [2.75, 3.05) is 12.3 Å². The Morgan fingerprint density at radius 2 is 2.20 bits per heavy atom. The maximum Gasteiger partial charge on any atom is 0.153 e. The first kappa shape index (κ1) is 15.8. The van der Waals surface area contributed by atoms with Gasteiger partial charge in [0, 0.05) is 17.7 Å². The summed E-state index contributed by atoms with van der Waals surface area (Å²) in [4.78, 5) is 1.09. The fraction of sp³-hybridized carbons (Fsp3) is 0.385. The molecule has 0 aliphatic heterocycles. The number of thioether (sulfide) groups is 1. The number of aryl methyl sites for hydroxylation is 1. The maximum absolute atomic E-state index is 6.19. The molecule has 0 bridgehead atoms. The number of nitrogens with zero attached hydrogens (tertiary/aromatic N) is 3. The Hall–Kier alpha value is -0.560. The summed E-state index contributed by atoms with van der Waals surface area (Å²) in [5, 5.41) is 12.3. The van der Waals surface area contributed by atoms with Crippen LogP contribution in [-0.4, -0.2) is 27.3 Å². The van der Waals surface area contributed by atoms with Crippen LogP contribution in [0.25, 0.3) is 0 Å².